The molecule has 1 unspecified atom stereocenters. The number of benzene rings is 3. The number of carbonyl (C=O) groups is 2. The lowest BCUT2D eigenvalue weighted by atomic mass is 9.92. The second-order valence-electron chi connectivity index (χ2n) is 9.81. The second kappa shape index (κ2) is 16.4. The number of hydrogen-bond donors (Lipinski definition) is 0. The van der Waals surface area contributed by atoms with Crippen LogP contribution in [0.2, 0.25) is 0 Å². The van der Waals surface area contributed by atoms with Gasteiger partial charge in [0.15, 0.2) is 0 Å². The first-order valence-corrected chi connectivity index (χ1v) is 14.2. The van der Waals surface area contributed by atoms with E-state index in [1.807, 2.05) is 42.5 Å². The molecule has 3 aromatic carbocycles. The zero-order valence-electron chi connectivity index (χ0n) is 24.0. The van der Waals surface area contributed by atoms with Crippen LogP contribution in [0, 0.1) is 5.92 Å². The molecule has 3 rings (SSSR count). The minimum Gasteiger partial charge on any atom is -0.488 e. The van der Waals surface area contributed by atoms with Gasteiger partial charge >= 0.3 is 18.1 Å². The van der Waals surface area contributed by atoms with Crippen molar-refractivity contribution in [1.82, 2.24) is 0 Å². The van der Waals surface area contributed by atoms with Gasteiger partial charge in [-0.3, -0.25) is 4.79 Å². The van der Waals surface area contributed by atoms with Crippen LogP contribution in [0.5, 0.6) is 5.75 Å². The number of ether oxygens (including phenoxy) is 3. The molecule has 0 saturated heterocycles. The lowest BCUT2D eigenvalue weighted by molar-refractivity contribution is -0.143. The fourth-order valence-electron chi connectivity index (χ4n) is 4.41. The highest BCUT2D eigenvalue weighted by atomic mass is 19.4. The van der Waals surface area contributed by atoms with Crippen molar-refractivity contribution in [3.8, 4) is 5.75 Å². The third-order valence-corrected chi connectivity index (χ3v) is 6.62. The molecule has 0 fully saturated rings. The summed E-state index contributed by atoms with van der Waals surface area (Å²) in [7, 11) is 0. The van der Waals surface area contributed by atoms with Crippen LogP contribution in [0.1, 0.15) is 72.1 Å². The van der Waals surface area contributed by atoms with Crippen LogP contribution in [0.3, 0.4) is 0 Å². The molecule has 0 aromatic heterocycles. The molecule has 0 radical (unpaired) electrons. The summed E-state index contributed by atoms with van der Waals surface area (Å²) in [6.07, 6.45) is 3.22. The Morgan fingerprint density at radius 3 is 2.17 bits per heavy atom. The van der Waals surface area contributed by atoms with Crippen LogP contribution in [0.4, 0.5) is 13.2 Å². The Bertz CT molecular complexity index is 1300. The molecule has 0 saturated carbocycles. The van der Waals surface area contributed by atoms with Crippen LogP contribution < -0.4 is 4.74 Å². The Balaban J connectivity index is 1.70. The quantitative estimate of drug-likeness (QED) is 0.133. The molecule has 0 aliphatic rings. The molecule has 5 nitrogen and oxygen atoms in total. The molecule has 0 amide bonds. The Morgan fingerprint density at radius 1 is 0.833 bits per heavy atom. The van der Waals surface area contributed by atoms with Crippen molar-refractivity contribution in [2.24, 2.45) is 5.92 Å². The topological polar surface area (TPSA) is 61.8 Å². The number of alkyl halides is 3. The smallest absolute Gasteiger partial charge is 0.416 e. The van der Waals surface area contributed by atoms with E-state index in [4.69, 9.17) is 14.2 Å². The fourth-order valence-corrected chi connectivity index (χ4v) is 4.41. The van der Waals surface area contributed by atoms with Gasteiger partial charge in [-0.25, -0.2) is 4.79 Å². The first-order valence-electron chi connectivity index (χ1n) is 14.2. The van der Waals surface area contributed by atoms with Crippen molar-refractivity contribution in [2.75, 3.05) is 13.2 Å². The van der Waals surface area contributed by atoms with Gasteiger partial charge < -0.3 is 14.2 Å². The zero-order chi connectivity index (χ0) is 30.4. The van der Waals surface area contributed by atoms with Gasteiger partial charge in [0, 0.05) is 12.0 Å². The van der Waals surface area contributed by atoms with Crippen molar-refractivity contribution in [3.63, 3.8) is 0 Å². The maximum absolute atomic E-state index is 12.9. The van der Waals surface area contributed by atoms with Gasteiger partial charge in [-0.05, 0) is 80.5 Å². The van der Waals surface area contributed by atoms with E-state index in [2.05, 4.69) is 6.08 Å². The summed E-state index contributed by atoms with van der Waals surface area (Å²) >= 11 is 0. The highest BCUT2D eigenvalue weighted by Gasteiger charge is 2.29. The van der Waals surface area contributed by atoms with E-state index in [9.17, 15) is 22.8 Å². The van der Waals surface area contributed by atoms with E-state index in [0.29, 0.717) is 36.5 Å². The average Bonchev–Trinajstić information content (AvgIpc) is 2.97. The number of halogens is 3. The van der Waals surface area contributed by atoms with Gasteiger partial charge in [0.1, 0.15) is 12.4 Å². The first-order chi connectivity index (χ1) is 20.2. The molecule has 0 aliphatic heterocycles. The molecule has 1 atom stereocenters. The molecule has 0 aliphatic carbocycles. The summed E-state index contributed by atoms with van der Waals surface area (Å²) < 4.78 is 54.7. The number of hydrogen-bond acceptors (Lipinski definition) is 5. The van der Waals surface area contributed by atoms with Crippen molar-refractivity contribution >= 4 is 18.0 Å². The molecule has 0 spiro atoms. The van der Waals surface area contributed by atoms with E-state index < -0.39 is 11.7 Å². The molecule has 0 heterocycles. The van der Waals surface area contributed by atoms with E-state index in [-0.39, 0.29) is 24.5 Å². The molecule has 3 aromatic rings. The van der Waals surface area contributed by atoms with Crippen LogP contribution in [0.15, 0.2) is 78.9 Å². The summed E-state index contributed by atoms with van der Waals surface area (Å²) in [5.41, 5.74) is 2.35. The van der Waals surface area contributed by atoms with E-state index >= 15 is 0 Å². The predicted molar refractivity (Wildman–Crippen MR) is 156 cm³/mol. The number of esters is 2. The van der Waals surface area contributed by atoms with E-state index in [1.54, 1.807) is 26.0 Å². The van der Waals surface area contributed by atoms with Gasteiger partial charge in [0.05, 0.1) is 24.3 Å². The van der Waals surface area contributed by atoms with Crippen molar-refractivity contribution in [1.29, 1.82) is 0 Å². The maximum Gasteiger partial charge on any atom is 0.416 e. The highest BCUT2D eigenvalue weighted by molar-refractivity contribution is 5.89. The Kier molecular flexibility index (Phi) is 12.7. The van der Waals surface area contributed by atoms with E-state index in [0.717, 1.165) is 48.9 Å². The SMILES string of the molecule is CCOC(=O)CCCCC(C=Cc1ccccc1OCc1ccc(C(F)(F)F)cc1)Cc1ccc(C(=O)OCC)cc1. The maximum atomic E-state index is 12.9. The average molecular weight is 583 g/mol. The summed E-state index contributed by atoms with van der Waals surface area (Å²) in [4.78, 5) is 23.8. The third kappa shape index (κ3) is 10.7. The van der Waals surface area contributed by atoms with Gasteiger partial charge in [-0.1, -0.05) is 61.0 Å². The van der Waals surface area contributed by atoms with E-state index in [1.165, 1.54) is 12.1 Å². The van der Waals surface area contributed by atoms with Crippen LogP contribution in [0.25, 0.3) is 6.08 Å². The van der Waals surface area contributed by atoms with Gasteiger partial charge in [-0.15, -0.1) is 0 Å². The van der Waals surface area contributed by atoms with Crippen molar-refractivity contribution in [3.05, 3.63) is 107 Å². The molecular weight excluding hydrogens is 545 g/mol. The molecule has 0 bridgehead atoms. The predicted octanol–water partition coefficient (Wildman–Crippen LogP) is 8.46. The highest BCUT2D eigenvalue weighted by Crippen LogP contribution is 2.30. The number of para-hydroxylation sites is 1. The van der Waals surface area contributed by atoms with Gasteiger partial charge in [0.25, 0.3) is 0 Å². The number of carbonyl (C=O) groups excluding carboxylic acids is 2. The summed E-state index contributed by atoms with van der Waals surface area (Å²) in [6, 6.07) is 19.8. The standard InChI is InChI=1S/C34H37F3O5/c1-3-40-32(38)12-8-5-9-25(23-26-14-19-29(20-15-26)33(39)41-4-2)13-18-28-10-6-7-11-31(28)42-24-27-16-21-30(22-17-27)34(35,36)37/h6-7,10-11,13-22,25H,3-5,8-9,12,23-24H2,1-2H3. The Labute approximate surface area is 245 Å². The molecule has 8 heteroatoms. The number of allylic oxidation sites excluding steroid dienone is 1. The number of rotatable bonds is 15. The Morgan fingerprint density at radius 2 is 1.50 bits per heavy atom. The minimum atomic E-state index is -4.38. The fraction of sp³-hybridized carbons (Fsp3) is 0.353. The lowest BCUT2D eigenvalue weighted by Gasteiger charge is -2.15. The Hall–Kier alpha value is -4.07. The lowest BCUT2D eigenvalue weighted by Crippen LogP contribution is -2.07. The summed E-state index contributed by atoms with van der Waals surface area (Å²) in [5.74, 6) is 0.211. The molecule has 42 heavy (non-hydrogen) atoms. The normalized spacial score (nSPS) is 12.2. The summed E-state index contributed by atoms with van der Waals surface area (Å²) in [6.45, 7) is 4.37. The van der Waals surface area contributed by atoms with Gasteiger partial charge in [0.2, 0.25) is 0 Å². The zero-order valence-corrected chi connectivity index (χ0v) is 24.0. The van der Waals surface area contributed by atoms with Crippen molar-refractivity contribution < 1.29 is 37.0 Å². The second-order valence-corrected chi connectivity index (χ2v) is 9.81. The monoisotopic (exact) mass is 582 g/mol. The summed E-state index contributed by atoms with van der Waals surface area (Å²) in [5, 5.41) is 0. The van der Waals surface area contributed by atoms with Crippen LogP contribution in [-0.2, 0) is 33.5 Å². The largest absolute Gasteiger partial charge is 0.488 e. The van der Waals surface area contributed by atoms with Gasteiger partial charge in [-0.2, -0.15) is 13.2 Å². The molecule has 224 valence electrons. The number of unbranched alkanes of at least 4 members (excludes halogenated alkanes) is 1. The molecule has 0 N–H and O–H groups in total. The minimum absolute atomic E-state index is 0.132. The first kappa shape index (κ1) is 32.4. The van der Waals surface area contributed by atoms with Crippen LogP contribution in [-0.4, -0.2) is 25.2 Å². The van der Waals surface area contributed by atoms with Crippen molar-refractivity contribution in [2.45, 2.75) is 58.7 Å². The third-order valence-electron chi connectivity index (χ3n) is 6.62. The van der Waals surface area contributed by atoms with Crippen LogP contribution >= 0.6 is 0 Å². The molecular formula is C34H37F3O5.